The Hall–Kier alpha value is -1.75. The number of carbonyl (C=O) groups is 1. The van der Waals surface area contributed by atoms with Gasteiger partial charge in [0.05, 0.1) is 0 Å². The minimum atomic E-state index is -0.0364. The van der Waals surface area contributed by atoms with E-state index in [4.69, 9.17) is 0 Å². The Balaban J connectivity index is 2.10. The number of nitrogens with zero attached hydrogens (tertiary/aromatic N) is 2. The van der Waals surface area contributed by atoms with Crippen LogP contribution < -0.4 is 5.32 Å². The van der Waals surface area contributed by atoms with Gasteiger partial charge < -0.3 is 9.88 Å². The van der Waals surface area contributed by atoms with Crippen LogP contribution in [0.1, 0.15) is 11.1 Å². The molecule has 0 radical (unpaired) electrons. The number of carbonyl (C=O) groups excluding carboxylic acids is 1. The molecule has 0 saturated heterocycles. The van der Waals surface area contributed by atoms with Crippen molar-refractivity contribution < 1.29 is 4.79 Å². The van der Waals surface area contributed by atoms with Crippen LogP contribution in [0.15, 0.2) is 35.7 Å². The van der Waals surface area contributed by atoms with Crippen molar-refractivity contribution in [3.05, 3.63) is 41.7 Å². The molecule has 0 aliphatic heterocycles. The van der Waals surface area contributed by atoms with Crippen molar-refractivity contribution in [2.75, 3.05) is 11.6 Å². The predicted octanol–water partition coefficient (Wildman–Crippen LogP) is 2.86. The van der Waals surface area contributed by atoms with Gasteiger partial charge in [-0.15, -0.1) is 0 Å². The quantitative estimate of drug-likeness (QED) is 0.873. The third kappa shape index (κ3) is 3.17. The standard InChI is InChI=1S/C14H17N3OS/c1-10-5-4-6-11(2)13(10)16-12(18)9-17-8-7-15-14(17)19-3/h4-8H,9H2,1-3H3,(H,16,18). The summed E-state index contributed by atoms with van der Waals surface area (Å²) in [6, 6.07) is 5.97. The Morgan fingerprint density at radius 2 is 2.05 bits per heavy atom. The maximum Gasteiger partial charge on any atom is 0.244 e. The lowest BCUT2D eigenvalue weighted by Crippen LogP contribution is -2.19. The van der Waals surface area contributed by atoms with E-state index < -0.39 is 0 Å². The molecular formula is C14H17N3OS. The second-order valence-electron chi connectivity index (χ2n) is 4.36. The molecule has 5 heteroatoms. The Morgan fingerprint density at radius 1 is 1.37 bits per heavy atom. The zero-order valence-electron chi connectivity index (χ0n) is 11.3. The molecule has 2 aromatic rings. The first-order valence-electron chi connectivity index (χ1n) is 6.03. The van der Waals surface area contributed by atoms with Crippen molar-refractivity contribution in [3.63, 3.8) is 0 Å². The summed E-state index contributed by atoms with van der Waals surface area (Å²) >= 11 is 1.53. The van der Waals surface area contributed by atoms with Crippen molar-refractivity contribution in [2.24, 2.45) is 0 Å². The molecule has 0 atom stereocenters. The van der Waals surface area contributed by atoms with Crippen LogP contribution in [0.3, 0.4) is 0 Å². The Kier molecular flexibility index (Phi) is 4.27. The van der Waals surface area contributed by atoms with E-state index in [0.29, 0.717) is 0 Å². The Labute approximate surface area is 117 Å². The summed E-state index contributed by atoms with van der Waals surface area (Å²) in [4.78, 5) is 16.3. The number of nitrogens with one attached hydrogen (secondary N) is 1. The average molecular weight is 275 g/mol. The third-order valence-electron chi connectivity index (χ3n) is 2.92. The molecule has 0 bridgehead atoms. The minimum Gasteiger partial charge on any atom is -0.324 e. The molecule has 2 rings (SSSR count). The summed E-state index contributed by atoms with van der Waals surface area (Å²) in [7, 11) is 0. The summed E-state index contributed by atoms with van der Waals surface area (Å²) in [6.45, 7) is 4.27. The van der Waals surface area contributed by atoms with E-state index in [2.05, 4.69) is 10.3 Å². The van der Waals surface area contributed by atoms with Crippen LogP contribution in [-0.2, 0) is 11.3 Å². The number of para-hydroxylation sites is 1. The lowest BCUT2D eigenvalue weighted by molar-refractivity contribution is -0.116. The minimum absolute atomic E-state index is 0.0364. The highest BCUT2D eigenvalue weighted by molar-refractivity contribution is 7.98. The second-order valence-corrected chi connectivity index (χ2v) is 5.13. The number of hydrogen-bond acceptors (Lipinski definition) is 3. The third-order valence-corrected chi connectivity index (χ3v) is 3.62. The summed E-state index contributed by atoms with van der Waals surface area (Å²) in [5.41, 5.74) is 3.05. The molecule has 1 amide bonds. The second kappa shape index (κ2) is 5.93. The number of anilines is 1. The molecule has 1 N–H and O–H groups in total. The zero-order chi connectivity index (χ0) is 13.8. The molecule has 0 unspecified atom stereocenters. The lowest BCUT2D eigenvalue weighted by atomic mass is 10.1. The molecule has 0 fully saturated rings. The van der Waals surface area contributed by atoms with Gasteiger partial charge >= 0.3 is 0 Å². The molecule has 1 heterocycles. The largest absolute Gasteiger partial charge is 0.324 e. The fourth-order valence-electron chi connectivity index (χ4n) is 1.95. The highest BCUT2D eigenvalue weighted by Crippen LogP contribution is 2.19. The molecule has 1 aromatic carbocycles. The van der Waals surface area contributed by atoms with Crippen LogP contribution in [0.25, 0.3) is 0 Å². The number of rotatable bonds is 4. The summed E-state index contributed by atoms with van der Waals surface area (Å²) in [5, 5.41) is 3.82. The first-order chi connectivity index (χ1) is 9.11. The number of aromatic nitrogens is 2. The van der Waals surface area contributed by atoms with Gasteiger partial charge in [0, 0.05) is 18.1 Å². The van der Waals surface area contributed by atoms with Gasteiger partial charge in [0.1, 0.15) is 6.54 Å². The molecule has 19 heavy (non-hydrogen) atoms. The molecule has 4 nitrogen and oxygen atoms in total. The van der Waals surface area contributed by atoms with E-state index >= 15 is 0 Å². The van der Waals surface area contributed by atoms with E-state index in [1.807, 2.05) is 49.1 Å². The number of hydrogen-bond donors (Lipinski definition) is 1. The van der Waals surface area contributed by atoms with E-state index in [1.165, 1.54) is 11.8 Å². The molecule has 1 aromatic heterocycles. The molecular weight excluding hydrogens is 258 g/mol. The van der Waals surface area contributed by atoms with Crippen molar-refractivity contribution >= 4 is 23.4 Å². The van der Waals surface area contributed by atoms with Crippen LogP contribution >= 0.6 is 11.8 Å². The SMILES string of the molecule is CSc1nccn1CC(=O)Nc1c(C)cccc1C. The van der Waals surface area contributed by atoms with E-state index in [1.54, 1.807) is 6.20 Å². The normalized spacial score (nSPS) is 10.5. The molecule has 100 valence electrons. The van der Waals surface area contributed by atoms with Gasteiger partial charge in [-0.2, -0.15) is 0 Å². The van der Waals surface area contributed by atoms with E-state index in [0.717, 1.165) is 22.0 Å². The fraction of sp³-hybridized carbons (Fsp3) is 0.286. The molecule has 0 aliphatic carbocycles. The van der Waals surface area contributed by atoms with Crippen molar-refractivity contribution in [1.82, 2.24) is 9.55 Å². The Bertz CT molecular complexity index is 572. The number of aryl methyl sites for hydroxylation is 2. The van der Waals surface area contributed by atoms with Crippen molar-refractivity contribution in [3.8, 4) is 0 Å². The molecule has 0 saturated carbocycles. The Morgan fingerprint density at radius 3 is 2.68 bits per heavy atom. The average Bonchev–Trinajstić information content (AvgIpc) is 2.81. The predicted molar refractivity (Wildman–Crippen MR) is 78.6 cm³/mol. The van der Waals surface area contributed by atoms with Gasteiger partial charge in [-0.25, -0.2) is 4.98 Å². The van der Waals surface area contributed by atoms with Gasteiger partial charge in [0.2, 0.25) is 5.91 Å². The lowest BCUT2D eigenvalue weighted by Gasteiger charge is -2.12. The smallest absolute Gasteiger partial charge is 0.244 e. The number of imidazole rings is 1. The highest BCUT2D eigenvalue weighted by atomic mass is 32.2. The van der Waals surface area contributed by atoms with E-state index in [-0.39, 0.29) is 12.5 Å². The summed E-state index contributed by atoms with van der Waals surface area (Å²) in [6.07, 6.45) is 5.47. The van der Waals surface area contributed by atoms with Crippen molar-refractivity contribution in [2.45, 2.75) is 25.5 Å². The number of benzene rings is 1. The molecule has 0 aliphatic rings. The van der Waals surface area contributed by atoms with Crippen LogP contribution in [-0.4, -0.2) is 21.7 Å². The topological polar surface area (TPSA) is 46.9 Å². The first kappa shape index (κ1) is 13.7. The summed E-state index contributed by atoms with van der Waals surface area (Å²) in [5.74, 6) is -0.0364. The van der Waals surface area contributed by atoms with Gasteiger partial charge in [-0.1, -0.05) is 30.0 Å². The van der Waals surface area contributed by atoms with Gasteiger partial charge in [-0.3, -0.25) is 4.79 Å². The summed E-state index contributed by atoms with van der Waals surface area (Å²) < 4.78 is 1.84. The molecule has 0 spiro atoms. The van der Waals surface area contributed by atoms with Crippen LogP contribution in [0.5, 0.6) is 0 Å². The first-order valence-corrected chi connectivity index (χ1v) is 7.25. The van der Waals surface area contributed by atoms with Gasteiger partial charge in [0.25, 0.3) is 0 Å². The van der Waals surface area contributed by atoms with Crippen LogP contribution in [0.2, 0.25) is 0 Å². The monoisotopic (exact) mass is 275 g/mol. The highest BCUT2D eigenvalue weighted by Gasteiger charge is 2.09. The van der Waals surface area contributed by atoms with Crippen molar-refractivity contribution in [1.29, 1.82) is 0 Å². The maximum absolute atomic E-state index is 12.1. The maximum atomic E-state index is 12.1. The van der Waals surface area contributed by atoms with E-state index in [9.17, 15) is 4.79 Å². The fourth-order valence-corrected chi connectivity index (χ4v) is 2.48. The number of thioether (sulfide) groups is 1. The number of amides is 1. The van der Waals surface area contributed by atoms with Crippen LogP contribution in [0, 0.1) is 13.8 Å². The van der Waals surface area contributed by atoms with Gasteiger partial charge in [0.15, 0.2) is 5.16 Å². The van der Waals surface area contributed by atoms with Crippen LogP contribution in [0.4, 0.5) is 5.69 Å². The van der Waals surface area contributed by atoms with Gasteiger partial charge in [-0.05, 0) is 31.2 Å². The zero-order valence-corrected chi connectivity index (χ0v) is 12.1.